The summed E-state index contributed by atoms with van der Waals surface area (Å²) in [5, 5.41) is 0. The first-order valence-corrected chi connectivity index (χ1v) is 6.05. The summed E-state index contributed by atoms with van der Waals surface area (Å²) in [6.07, 6.45) is 2.68. The van der Waals surface area contributed by atoms with E-state index in [9.17, 15) is 0 Å². The van der Waals surface area contributed by atoms with Gasteiger partial charge in [-0.1, -0.05) is 13.8 Å². The second-order valence-corrected chi connectivity index (χ2v) is 4.96. The summed E-state index contributed by atoms with van der Waals surface area (Å²) in [6, 6.07) is 1.84. The van der Waals surface area contributed by atoms with Crippen LogP contribution in [0.25, 0.3) is 10.7 Å². The van der Waals surface area contributed by atoms with Crippen molar-refractivity contribution in [1.29, 1.82) is 0 Å². The Morgan fingerprint density at radius 2 is 2.19 bits per heavy atom. The van der Waals surface area contributed by atoms with Gasteiger partial charge in [-0.15, -0.1) is 11.3 Å². The predicted octanol–water partition coefficient (Wildman–Crippen LogP) is 2.38. The van der Waals surface area contributed by atoms with E-state index in [0.29, 0.717) is 17.6 Å². The number of hydrogen-bond donors (Lipinski definition) is 1. The van der Waals surface area contributed by atoms with Crippen molar-refractivity contribution in [3.63, 3.8) is 0 Å². The third kappa shape index (κ3) is 2.55. The van der Waals surface area contributed by atoms with Crippen LogP contribution >= 0.6 is 11.3 Å². The van der Waals surface area contributed by atoms with Crippen LogP contribution in [0.3, 0.4) is 0 Å². The highest BCUT2D eigenvalue weighted by molar-refractivity contribution is 7.13. The molecule has 5 heteroatoms. The van der Waals surface area contributed by atoms with Crippen LogP contribution in [0.2, 0.25) is 0 Å². The molecule has 4 nitrogen and oxygen atoms in total. The fourth-order valence-corrected chi connectivity index (χ4v) is 2.03. The summed E-state index contributed by atoms with van der Waals surface area (Å²) in [4.78, 5) is 13.7. The van der Waals surface area contributed by atoms with E-state index in [4.69, 9.17) is 5.73 Å². The Morgan fingerprint density at radius 1 is 1.38 bits per heavy atom. The van der Waals surface area contributed by atoms with Crippen molar-refractivity contribution < 1.29 is 0 Å². The number of rotatable bonds is 3. The lowest BCUT2D eigenvalue weighted by atomic mass is 10.1. The molecule has 0 fully saturated rings. The van der Waals surface area contributed by atoms with Crippen LogP contribution in [0.15, 0.2) is 17.8 Å². The Hall–Kier alpha value is -1.49. The third-order valence-electron chi connectivity index (χ3n) is 2.07. The molecule has 0 bridgehead atoms. The standard InChI is InChI=1S/C11H14N4S/c1-7(2)3-8-4-10(12)15-11(14-8)9-5-13-6-16-9/h4-7H,3H2,1-2H3,(H2,12,14,15). The van der Waals surface area contributed by atoms with Gasteiger partial charge in [0.15, 0.2) is 5.82 Å². The van der Waals surface area contributed by atoms with Crippen molar-refractivity contribution in [1.82, 2.24) is 15.0 Å². The fourth-order valence-electron chi connectivity index (χ4n) is 1.48. The molecular weight excluding hydrogens is 220 g/mol. The van der Waals surface area contributed by atoms with Gasteiger partial charge < -0.3 is 5.73 Å². The molecule has 0 saturated heterocycles. The monoisotopic (exact) mass is 234 g/mol. The van der Waals surface area contributed by atoms with Crippen molar-refractivity contribution in [3.05, 3.63) is 23.5 Å². The number of nitrogen functional groups attached to an aromatic ring is 1. The molecular formula is C11H14N4S. The second kappa shape index (κ2) is 4.57. The number of anilines is 1. The number of thiazole rings is 1. The first-order chi connectivity index (χ1) is 7.65. The van der Waals surface area contributed by atoms with Gasteiger partial charge in [-0.05, 0) is 12.3 Å². The van der Waals surface area contributed by atoms with Gasteiger partial charge in [0.2, 0.25) is 0 Å². The predicted molar refractivity (Wildman–Crippen MR) is 66.1 cm³/mol. The minimum Gasteiger partial charge on any atom is -0.384 e. The van der Waals surface area contributed by atoms with Gasteiger partial charge in [-0.3, -0.25) is 4.98 Å². The molecule has 2 rings (SSSR count). The Labute approximate surface area is 98.6 Å². The molecule has 0 radical (unpaired) electrons. The minimum atomic E-state index is 0.522. The lowest BCUT2D eigenvalue weighted by Crippen LogP contribution is -2.02. The molecule has 2 heterocycles. The van der Waals surface area contributed by atoms with E-state index < -0.39 is 0 Å². The molecule has 16 heavy (non-hydrogen) atoms. The van der Waals surface area contributed by atoms with Gasteiger partial charge in [0.25, 0.3) is 0 Å². The topological polar surface area (TPSA) is 64.7 Å². The highest BCUT2D eigenvalue weighted by Crippen LogP contribution is 2.21. The quantitative estimate of drug-likeness (QED) is 0.885. The molecule has 0 unspecified atom stereocenters. The summed E-state index contributed by atoms with van der Waals surface area (Å²) < 4.78 is 0. The fraction of sp³-hybridized carbons (Fsp3) is 0.364. The van der Waals surface area contributed by atoms with E-state index >= 15 is 0 Å². The minimum absolute atomic E-state index is 0.522. The second-order valence-electron chi connectivity index (χ2n) is 4.07. The zero-order valence-corrected chi connectivity index (χ0v) is 10.2. The number of hydrogen-bond acceptors (Lipinski definition) is 5. The summed E-state index contributed by atoms with van der Waals surface area (Å²) in [7, 11) is 0. The molecule has 0 amide bonds. The van der Waals surface area contributed by atoms with Gasteiger partial charge >= 0.3 is 0 Å². The zero-order valence-electron chi connectivity index (χ0n) is 9.34. The van der Waals surface area contributed by atoms with E-state index in [-0.39, 0.29) is 0 Å². The van der Waals surface area contributed by atoms with Crippen molar-refractivity contribution in [2.75, 3.05) is 5.73 Å². The first-order valence-electron chi connectivity index (χ1n) is 5.17. The van der Waals surface area contributed by atoms with Crippen LogP contribution in [-0.4, -0.2) is 15.0 Å². The molecule has 0 atom stereocenters. The number of nitrogens with zero attached hydrogens (tertiary/aromatic N) is 3. The summed E-state index contributed by atoms with van der Waals surface area (Å²) in [5.74, 6) is 1.76. The first kappa shape index (κ1) is 11.0. The van der Waals surface area contributed by atoms with E-state index in [1.165, 1.54) is 11.3 Å². The van der Waals surface area contributed by atoms with Crippen molar-refractivity contribution in [2.45, 2.75) is 20.3 Å². The molecule has 0 aliphatic carbocycles. The molecule has 2 aromatic rings. The summed E-state index contributed by atoms with van der Waals surface area (Å²) >= 11 is 1.52. The molecule has 0 saturated carbocycles. The number of aromatic nitrogens is 3. The Bertz CT molecular complexity index is 465. The normalized spacial score (nSPS) is 10.9. The van der Waals surface area contributed by atoms with E-state index in [2.05, 4.69) is 28.8 Å². The van der Waals surface area contributed by atoms with E-state index in [0.717, 1.165) is 17.0 Å². The Kier molecular flexibility index (Phi) is 3.14. The van der Waals surface area contributed by atoms with Crippen LogP contribution in [0.4, 0.5) is 5.82 Å². The average molecular weight is 234 g/mol. The molecule has 84 valence electrons. The van der Waals surface area contributed by atoms with Crippen molar-refractivity contribution >= 4 is 17.2 Å². The molecule has 2 aromatic heterocycles. The summed E-state index contributed by atoms with van der Waals surface area (Å²) in [5.41, 5.74) is 8.53. The van der Waals surface area contributed by atoms with Gasteiger partial charge in [0, 0.05) is 18.0 Å². The van der Waals surface area contributed by atoms with Crippen molar-refractivity contribution in [2.24, 2.45) is 5.92 Å². The van der Waals surface area contributed by atoms with Crippen LogP contribution in [-0.2, 0) is 6.42 Å². The lowest BCUT2D eigenvalue weighted by molar-refractivity contribution is 0.635. The maximum atomic E-state index is 5.77. The van der Waals surface area contributed by atoms with Gasteiger partial charge in [0.1, 0.15) is 5.82 Å². The van der Waals surface area contributed by atoms with E-state index in [1.54, 1.807) is 11.7 Å². The van der Waals surface area contributed by atoms with Crippen LogP contribution < -0.4 is 5.73 Å². The SMILES string of the molecule is CC(C)Cc1cc(N)nc(-c2cncs2)n1. The highest BCUT2D eigenvalue weighted by atomic mass is 32.1. The van der Waals surface area contributed by atoms with Crippen LogP contribution in [0.1, 0.15) is 19.5 Å². The third-order valence-corrected chi connectivity index (χ3v) is 2.84. The highest BCUT2D eigenvalue weighted by Gasteiger charge is 2.07. The molecule has 0 aromatic carbocycles. The van der Waals surface area contributed by atoms with Crippen molar-refractivity contribution in [3.8, 4) is 10.7 Å². The lowest BCUT2D eigenvalue weighted by Gasteiger charge is -2.06. The van der Waals surface area contributed by atoms with Gasteiger partial charge in [-0.2, -0.15) is 0 Å². The Morgan fingerprint density at radius 3 is 2.81 bits per heavy atom. The van der Waals surface area contributed by atoms with Gasteiger partial charge in [-0.25, -0.2) is 9.97 Å². The Balaban J connectivity index is 2.36. The summed E-state index contributed by atoms with van der Waals surface area (Å²) in [6.45, 7) is 4.31. The zero-order chi connectivity index (χ0) is 11.5. The van der Waals surface area contributed by atoms with Crippen LogP contribution in [0.5, 0.6) is 0 Å². The van der Waals surface area contributed by atoms with Gasteiger partial charge in [0.05, 0.1) is 10.4 Å². The maximum Gasteiger partial charge on any atom is 0.173 e. The average Bonchev–Trinajstić information content (AvgIpc) is 2.67. The molecule has 2 N–H and O–H groups in total. The molecule has 0 aliphatic heterocycles. The largest absolute Gasteiger partial charge is 0.384 e. The number of nitrogens with two attached hydrogens (primary N) is 1. The smallest absolute Gasteiger partial charge is 0.173 e. The maximum absolute atomic E-state index is 5.77. The molecule has 0 aliphatic rings. The molecule has 0 spiro atoms. The van der Waals surface area contributed by atoms with E-state index in [1.807, 2.05) is 6.07 Å². The van der Waals surface area contributed by atoms with Crippen LogP contribution in [0, 0.1) is 5.92 Å².